The summed E-state index contributed by atoms with van der Waals surface area (Å²) in [4.78, 5) is 21.2. The van der Waals surface area contributed by atoms with Crippen LogP contribution in [0.25, 0.3) is 0 Å². The van der Waals surface area contributed by atoms with Crippen LogP contribution in [-0.4, -0.2) is 31.5 Å². The topological polar surface area (TPSA) is 101 Å². The molecule has 0 radical (unpaired) electrons. The fourth-order valence-corrected chi connectivity index (χ4v) is 1.88. The van der Waals surface area contributed by atoms with Gasteiger partial charge in [0.25, 0.3) is 0 Å². The van der Waals surface area contributed by atoms with Crippen LogP contribution in [0.2, 0.25) is 0 Å². The van der Waals surface area contributed by atoms with E-state index < -0.39 is 21.8 Å². The van der Waals surface area contributed by atoms with E-state index in [4.69, 9.17) is 5.11 Å². The van der Waals surface area contributed by atoms with Crippen LogP contribution in [0.3, 0.4) is 0 Å². The molecule has 0 aromatic heterocycles. The molecule has 0 heterocycles. The molecule has 0 unspecified atom stereocenters. The average Bonchev–Trinajstić information content (AvgIpc) is 2.25. The first-order valence-corrected chi connectivity index (χ1v) is 7.00. The van der Waals surface area contributed by atoms with Crippen molar-refractivity contribution in [2.24, 2.45) is 0 Å². The number of rotatable bonds is 6. The van der Waals surface area contributed by atoms with Gasteiger partial charge in [-0.05, 0) is 24.1 Å². The molecular weight excluding hydrogens is 258 g/mol. The SMILES string of the molecule is CS(=O)(=O)Nc1ccc(CCC(=O)C(=O)O)cc1. The van der Waals surface area contributed by atoms with Gasteiger partial charge >= 0.3 is 5.97 Å². The highest BCUT2D eigenvalue weighted by Gasteiger charge is 2.10. The number of aryl methyl sites for hydroxylation is 1. The number of benzene rings is 1. The van der Waals surface area contributed by atoms with Crippen molar-refractivity contribution in [3.63, 3.8) is 0 Å². The second kappa shape index (κ2) is 5.63. The van der Waals surface area contributed by atoms with Crippen molar-refractivity contribution in [1.29, 1.82) is 0 Å². The summed E-state index contributed by atoms with van der Waals surface area (Å²) in [6.07, 6.45) is 1.28. The lowest BCUT2D eigenvalue weighted by Crippen LogP contribution is -2.13. The number of Topliss-reactive ketones (excluding diaryl/α,β-unsaturated/α-hetero) is 1. The van der Waals surface area contributed by atoms with Crippen LogP contribution in [0.4, 0.5) is 5.69 Å². The zero-order valence-corrected chi connectivity index (χ0v) is 10.5. The normalized spacial score (nSPS) is 10.9. The van der Waals surface area contributed by atoms with Crippen LogP contribution < -0.4 is 4.72 Å². The van der Waals surface area contributed by atoms with Crippen molar-refractivity contribution in [3.05, 3.63) is 29.8 Å². The van der Waals surface area contributed by atoms with Gasteiger partial charge in [0.2, 0.25) is 15.8 Å². The largest absolute Gasteiger partial charge is 0.476 e. The lowest BCUT2D eigenvalue weighted by Gasteiger charge is -2.04. The number of carboxylic acids is 1. The van der Waals surface area contributed by atoms with Gasteiger partial charge in [0, 0.05) is 12.1 Å². The quantitative estimate of drug-likeness (QED) is 0.740. The maximum absolute atomic E-state index is 11.0. The lowest BCUT2D eigenvalue weighted by molar-refractivity contribution is -0.149. The van der Waals surface area contributed by atoms with E-state index >= 15 is 0 Å². The first kappa shape index (κ1) is 14.2. The highest BCUT2D eigenvalue weighted by atomic mass is 32.2. The lowest BCUT2D eigenvalue weighted by atomic mass is 10.1. The van der Waals surface area contributed by atoms with Gasteiger partial charge in [0.1, 0.15) is 0 Å². The molecule has 0 aliphatic rings. The van der Waals surface area contributed by atoms with Gasteiger partial charge in [0.15, 0.2) is 0 Å². The molecule has 0 spiro atoms. The number of hydrogen-bond donors (Lipinski definition) is 2. The minimum atomic E-state index is -3.31. The van der Waals surface area contributed by atoms with E-state index in [1.807, 2.05) is 0 Å². The first-order chi connectivity index (χ1) is 8.28. The fraction of sp³-hybridized carbons (Fsp3) is 0.273. The van der Waals surface area contributed by atoms with E-state index in [0.29, 0.717) is 12.1 Å². The molecule has 0 saturated carbocycles. The van der Waals surface area contributed by atoms with Crippen LogP contribution in [0.5, 0.6) is 0 Å². The predicted molar refractivity (Wildman–Crippen MR) is 65.9 cm³/mol. The monoisotopic (exact) mass is 271 g/mol. The van der Waals surface area contributed by atoms with Gasteiger partial charge < -0.3 is 5.11 Å². The number of nitrogens with one attached hydrogen (secondary N) is 1. The number of carboxylic acid groups (broad SMARTS) is 1. The van der Waals surface area contributed by atoms with Gasteiger partial charge in [-0.25, -0.2) is 13.2 Å². The van der Waals surface area contributed by atoms with Crippen molar-refractivity contribution < 1.29 is 23.1 Å². The van der Waals surface area contributed by atoms with Gasteiger partial charge in [-0.2, -0.15) is 0 Å². The second-order valence-corrected chi connectivity index (χ2v) is 5.55. The summed E-state index contributed by atoms with van der Waals surface area (Å²) in [6, 6.07) is 6.40. The minimum absolute atomic E-state index is 0.0752. The third-order valence-corrected chi connectivity index (χ3v) is 2.74. The van der Waals surface area contributed by atoms with E-state index in [1.165, 1.54) is 0 Å². The predicted octanol–water partition coefficient (Wildman–Crippen LogP) is 0.644. The average molecular weight is 271 g/mol. The molecule has 98 valence electrons. The number of hydrogen-bond acceptors (Lipinski definition) is 4. The number of anilines is 1. The Labute approximate surface area is 105 Å². The number of aliphatic carboxylic acids is 1. The molecule has 7 heteroatoms. The van der Waals surface area contributed by atoms with Gasteiger partial charge in [-0.15, -0.1) is 0 Å². The van der Waals surface area contributed by atoms with Gasteiger partial charge in [-0.3, -0.25) is 9.52 Å². The molecule has 0 amide bonds. The Morgan fingerprint density at radius 3 is 2.22 bits per heavy atom. The van der Waals surface area contributed by atoms with Gasteiger partial charge in [0.05, 0.1) is 6.26 Å². The van der Waals surface area contributed by atoms with Crippen LogP contribution in [0.15, 0.2) is 24.3 Å². The Morgan fingerprint density at radius 2 is 1.78 bits per heavy atom. The standard InChI is InChI=1S/C11H13NO5S/c1-18(16,17)12-9-5-2-8(3-6-9)4-7-10(13)11(14)15/h2-3,5-6,12H,4,7H2,1H3,(H,14,15). The Balaban J connectivity index is 2.61. The van der Waals surface area contributed by atoms with Crippen molar-refractivity contribution in [2.45, 2.75) is 12.8 Å². The van der Waals surface area contributed by atoms with E-state index in [9.17, 15) is 18.0 Å². The molecule has 1 rings (SSSR count). The molecule has 1 aromatic carbocycles. The fourth-order valence-electron chi connectivity index (χ4n) is 1.32. The van der Waals surface area contributed by atoms with Crippen LogP contribution in [0.1, 0.15) is 12.0 Å². The van der Waals surface area contributed by atoms with E-state index in [-0.39, 0.29) is 6.42 Å². The highest BCUT2D eigenvalue weighted by molar-refractivity contribution is 7.92. The molecule has 0 bridgehead atoms. The Kier molecular flexibility index (Phi) is 4.43. The molecule has 1 aromatic rings. The molecule has 0 aliphatic heterocycles. The summed E-state index contributed by atoms with van der Waals surface area (Å²) in [6.45, 7) is 0. The Bertz CT molecular complexity index is 547. The van der Waals surface area contributed by atoms with Crippen molar-refractivity contribution in [2.75, 3.05) is 11.0 Å². The number of ketones is 1. The summed E-state index contributed by atoms with van der Waals surface area (Å²) < 4.78 is 24.2. The molecule has 0 saturated heterocycles. The Morgan fingerprint density at radius 1 is 1.22 bits per heavy atom. The van der Waals surface area contributed by atoms with Crippen LogP contribution in [0, 0.1) is 0 Å². The summed E-state index contributed by atoms with van der Waals surface area (Å²) in [5.41, 5.74) is 1.19. The third-order valence-electron chi connectivity index (χ3n) is 2.14. The molecule has 0 fully saturated rings. The van der Waals surface area contributed by atoms with E-state index in [0.717, 1.165) is 11.8 Å². The molecule has 18 heavy (non-hydrogen) atoms. The molecule has 0 aliphatic carbocycles. The summed E-state index contributed by atoms with van der Waals surface area (Å²) in [5, 5.41) is 8.41. The maximum Gasteiger partial charge on any atom is 0.372 e. The third kappa shape index (κ3) is 4.96. The van der Waals surface area contributed by atoms with Crippen molar-refractivity contribution >= 4 is 27.5 Å². The van der Waals surface area contributed by atoms with E-state index in [1.54, 1.807) is 24.3 Å². The van der Waals surface area contributed by atoms with E-state index in [2.05, 4.69) is 4.72 Å². The number of carbonyl (C=O) groups is 2. The Hall–Kier alpha value is -1.89. The summed E-state index contributed by atoms with van der Waals surface area (Å²) in [5.74, 6) is -2.28. The molecule has 2 N–H and O–H groups in total. The summed E-state index contributed by atoms with van der Waals surface area (Å²) in [7, 11) is -3.31. The maximum atomic E-state index is 11.0. The molecule has 0 atom stereocenters. The summed E-state index contributed by atoms with van der Waals surface area (Å²) >= 11 is 0. The first-order valence-electron chi connectivity index (χ1n) is 5.11. The molecular formula is C11H13NO5S. The zero-order chi connectivity index (χ0) is 13.8. The highest BCUT2D eigenvalue weighted by Crippen LogP contribution is 2.12. The smallest absolute Gasteiger partial charge is 0.372 e. The number of carbonyl (C=O) groups excluding carboxylic acids is 1. The van der Waals surface area contributed by atoms with Crippen molar-refractivity contribution in [1.82, 2.24) is 0 Å². The molecule has 6 nitrogen and oxygen atoms in total. The number of sulfonamides is 1. The van der Waals surface area contributed by atoms with Crippen LogP contribution in [-0.2, 0) is 26.0 Å². The van der Waals surface area contributed by atoms with Crippen molar-refractivity contribution in [3.8, 4) is 0 Å². The zero-order valence-electron chi connectivity index (χ0n) is 9.71. The van der Waals surface area contributed by atoms with Gasteiger partial charge in [-0.1, -0.05) is 12.1 Å². The van der Waals surface area contributed by atoms with Crippen LogP contribution >= 0.6 is 0 Å². The second-order valence-electron chi connectivity index (χ2n) is 3.80. The minimum Gasteiger partial charge on any atom is -0.476 e.